The standard InChI is InChI=1S/C13H8Cl2FN5O/c14-7-1-5(17)2-8(15)12(7)21-4-6-10(20-21)9(16)3-19-11(6)13(18)22/h1-4H,17H2,(H2,18,22). The minimum absolute atomic E-state index is 0.0623. The molecule has 1 aromatic carbocycles. The molecule has 0 aliphatic carbocycles. The highest BCUT2D eigenvalue weighted by Gasteiger charge is 2.18. The van der Waals surface area contributed by atoms with Gasteiger partial charge in [-0.2, -0.15) is 5.10 Å². The molecule has 4 N–H and O–H groups in total. The summed E-state index contributed by atoms with van der Waals surface area (Å²) in [5.74, 6) is -1.49. The van der Waals surface area contributed by atoms with Gasteiger partial charge in [-0.25, -0.2) is 14.1 Å². The van der Waals surface area contributed by atoms with Crippen LogP contribution in [0.3, 0.4) is 0 Å². The summed E-state index contributed by atoms with van der Waals surface area (Å²) in [4.78, 5) is 15.1. The molecule has 3 aromatic rings. The van der Waals surface area contributed by atoms with Gasteiger partial charge in [-0.05, 0) is 12.1 Å². The number of amides is 1. The first-order valence-corrected chi connectivity index (χ1v) is 6.72. The number of nitrogen functional groups attached to an aromatic ring is 1. The molecule has 112 valence electrons. The summed E-state index contributed by atoms with van der Waals surface area (Å²) in [6, 6.07) is 2.97. The van der Waals surface area contributed by atoms with Crippen molar-refractivity contribution < 1.29 is 9.18 Å². The Hall–Kier alpha value is -2.38. The summed E-state index contributed by atoms with van der Waals surface area (Å²) >= 11 is 12.2. The van der Waals surface area contributed by atoms with E-state index >= 15 is 0 Å². The highest BCUT2D eigenvalue weighted by molar-refractivity contribution is 6.38. The quantitative estimate of drug-likeness (QED) is 0.700. The smallest absolute Gasteiger partial charge is 0.268 e. The van der Waals surface area contributed by atoms with Crippen LogP contribution in [-0.2, 0) is 0 Å². The monoisotopic (exact) mass is 339 g/mol. The molecule has 9 heteroatoms. The lowest BCUT2D eigenvalue weighted by atomic mass is 10.2. The van der Waals surface area contributed by atoms with Crippen LogP contribution in [0.25, 0.3) is 16.6 Å². The number of benzene rings is 1. The van der Waals surface area contributed by atoms with E-state index in [0.717, 1.165) is 6.20 Å². The van der Waals surface area contributed by atoms with Gasteiger partial charge < -0.3 is 11.5 Å². The van der Waals surface area contributed by atoms with Crippen molar-refractivity contribution in [2.45, 2.75) is 0 Å². The molecule has 0 atom stereocenters. The van der Waals surface area contributed by atoms with Crippen molar-refractivity contribution >= 4 is 45.7 Å². The maximum Gasteiger partial charge on any atom is 0.268 e. The second kappa shape index (κ2) is 5.11. The Labute approximate surface area is 133 Å². The molecular formula is C13H8Cl2FN5O. The van der Waals surface area contributed by atoms with Crippen LogP contribution < -0.4 is 11.5 Å². The summed E-state index contributed by atoms with van der Waals surface area (Å²) in [5.41, 5.74) is 11.4. The van der Waals surface area contributed by atoms with Gasteiger partial charge in [0.1, 0.15) is 16.9 Å². The van der Waals surface area contributed by atoms with Crippen molar-refractivity contribution in [1.29, 1.82) is 0 Å². The van der Waals surface area contributed by atoms with E-state index < -0.39 is 11.7 Å². The van der Waals surface area contributed by atoms with Gasteiger partial charge >= 0.3 is 0 Å². The number of carbonyl (C=O) groups excluding carboxylic acids is 1. The van der Waals surface area contributed by atoms with Gasteiger partial charge in [0, 0.05) is 11.9 Å². The number of fused-ring (bicyclic) bond motifs is 1. The first kappa shape index (κ1) is 14.6. The highest BCUT2D eigenvalue weighted by Crippen LogP contribution is 2.32. The molecule has 1 amide bonds. The van der Waals surface area contributed by atoms with Crippen LogP contribution in [0.2, 0.25) is 10.0 Å². The molecule has 2 aromatic heterocycles. The van der Waals surface area contributed by atoms with E-state index in [2.05, 4.69) is 10.1 Å². The molecule has 0 saturated carbocycles. The van der Waals surface area contributed by atoms with Gasteiger partial charge in [0.15, 0.2) is 5.82 Å². The number of halogens is 3. The fraction of sp³-hybridized carbons (Fsp3) is 0. The van der Waals surface area contributed by atoms with Gasteiger partial charge in [0.05, 0.1) is 21.6 Å². The lowest BCUT2D eigenvalue weighted by molar-refractivity contribution is 0.0997. The number of carbonyl (C=O) groups is 1. The Kier molecular flexibility index (Phi) is 3.38. The van der Waals surface area contributed by atoms with Crippen LogP contribution in [-0.4, -0.2) is 20.7 Å². The Morgan fingerprint density at radius 1 is 1.27 bits per heavy atom. The highest BCUT2D eigenvalue weighted by atomic mass is 35.5. The average Bonchev–Trinajstić information content (AvgIpc) is 2.82. The number of nitrogens with two attached hydrogens (primary N) is 2. The van der Waals surface area contributed by atoms with E-state index in [1.807, 2.05) is 0 Å². The molecule has 0 fully saturated rings. The fourth-order valence-electron chi connectivity index (χ4n) is 2.09. The minimum Gasteiger partial charge on any atom is -0.399 e. The summed E-state index contributed by atoms with van der Waals surface area (Å²) in [5, 5.41) is 4.68. The van der Waals surface area contributed by atoms with Crippen molar-refractivity contribution in [2.24, 2.45) is 5.73 Å². The number of hydrogen-bond donors (Lipinski definition) is 2. The Morgan fingerprint density at radius 3 is 2.50 bits per heavy atom. The van der Waals surface area contributed by atoms with Crippen molar-refractivity contribution in [3.63, 3.8) is 0 Å². The first-order valence-electron chi connectivity index (χ1n) is 5.97. The molecule has 0 unspecified atom stereocenters. The Bertz CT molecular complexity index is 901. The molecule has 0 saturated heterocycles. The topological polar surface area (TPSA) is 99.8 Å². The number of aromatic nitrogens is 3. The van der Waals surface area contributed by atoms with Crippen LogP contribution in [0.4, 0.5) is 10.1 Å². The van der Waals surface area contributed by atoms with Crippen LogP contribution in [0.5, 0.6) is 0 Å². The summed E-state index contributed by atoms with van der Waals surface area (Å²) in [6.07, 6.45) is 2.26. The van der Waals surface area contributed by atoms with E-state index in [1.165, 1.54) is 23.0 Å². The zero-order chi connectivity index (χ0) is 16.0. The number of primary amides is 1. The van der Waals surface area contributed by atoms with Crippen molar-refractivity contribution in [1.82, 2.24) is 14.8 Å². The third-order valence-electron chi connectivity index (χ3n) is 3.00. The van der Waals surface area contributed by atoms with E-state index in [4.69, 9.17) is 34.7 Å². The summed E-state index contributed by atoms with van der Waals surface area (Å²) in [7, 11) is 0. The Morgan fingerprint density at radius 2 is 1.91 bits per heavy atom. The van der Waals surface area contributed by atoms with Gasteiger partial charge in [-0.15, -0.1) is 0 Å². The largest absolute Gasteiger partial charge is 0.399 e. The van der Waals surface area contributed by atoms with Crippen molar-refractivity contribution in [2.75, 3.05) is 5.73 Å². The number of anilines is 1. The lowest BCUT2D eigenvalue weighted by Gasteiger charge is -2.07. The second-order valence-electron chi connectivity index (χ2n) is 4.49. The summed E-state index contributed by atoms with van der Waals surface area (Å²) < 4.78 is 15.1. The fourth-order valence-corrected chi connectivity index (χ4v) is 2.77. The van der Waals surface area contributed by atoms with E-state index in [1.54, 1.807) is 0 Å². The van der Waals surface area contributed by atoms with Gasteiger partial charge in [-0.1, -0.05) is 23.2 Å². The van der Waals surface area contributed by atoms with Crippen LogP contribution in [0, 0.1) is 5.82 Å². The van der Waals surface area contributed by atoms with Crippen LogP contribution in [0.15, 0.2) is 24.5 Å². The first-order chi connectivity index (χ1) is 10.4. The normalized spacial score (nSPS) is 11.0. The van der Waals surface area contributed by atoms with Gasteiger partial charge in [0.2, 0.25) is 0 Å². The molecule has 22 heavy (non-hydrogen) atoms. The number of pyridine rings is 1. The zero-order valence-corrected chi connectivity index (χ0v) is 12.4. The molecule has 0 bridgehead atoms. The molecule has 0 aliphatic rings. The molecule has 3 rings (SSSR count). The third kappa shape index (κ3) is 2.24. The third-order valence-corrected chi connectivity index (χ3v) is 3.58. The predicted molar refractivity (Wildman–Crippen MR) is 81.8 cm³/mol. The molecule has 0 spiro atoms. The zero-order valence-electron chi connectivity index (χ0n) is 10.8. The number of hydrogen-bond acceptors (Lipinski definition) is 4. The maximum atomic E-state index is 13.8. The van der Waals surface area contributed by atoms with Crippen molar-refractivity contribution in [3.05, 3.63) is 46.1 Å². The minimum atomic E-state index is -0.793. The maximum absolute atomic E-state index is 13.8. The average molecular weight is 340 g/mol. The lowest BCUT2D eigenvalue weighted by Crippen LogP contribution is -2.13. The number of nitrogens with zero attached hydrogens (tertiary/aromatic N) is 3. The van der Waals surface area contributed by atoms with Crippen LogP contribution in [0.1, 0.15) is 10.5 Å². The molecular weight excluding hydrogens is 332 g/mol. The van der Waals surface area contributed by atoms with Crippen molar-refractivity contribution in [3.8, 4) is 5.69 Å². The summed E-state index contributed by atoms with van der Waals surface area (Å²) in [6.45, 7) is 0. The second-order valence-corrected chi connectivity index (χ2v) is 5.30. The molecule has 2 heterocycles. The van der Waals surface area contributed by atoms with Crippen LogP contribution >= 0.6 is 23.2 Å². The number of rotatable bonds is 2. The van der Waals surface area contributed by atoms with E-state index in [-0.39, 0.29) is 26.6 Å². The van der Waals surface area contributed by atoms with E-state index in [9.17, 15) is 9.18 Å². The SMILES string of the molecule is NC(=O)c1ncc(F)c2nn(-c3c(Cl)cc(N)cc3Cl)cc12. The predicted octanol–water partition coefficient (Wildman–Crippen LogP) is 2.55. The molecule has 0 radical (unpaired) electrons. The van der Waals surface area contributed by atoms with Gasteiger partial charge in [0.25, 0.3) is 5.91 Å². The van der Waals surface area contributed by atoms with E-state index in [0.29, 0.717) is 11.4 Å². The molecule has 6 nitrogen and oxygen atoms in total. The Balaban J connectivity index is 2.33. The molecule has 0 aliphatic heterocycles. The van der Waals surface area contributed by atoms with Gasteiger partial charge in [-0.3, -0.25) is 4.79 Å².